The molecule has 0 atom stereocenters. The summed E-state index contributed by atoms with van der Waals surface area (Å²) in [4.78, 5) is 14.4. The van der Waals surface area contributed by atoms with Gasteiger partial charge in [-0.25, -0.2) is 4.39 Å². The van der Waals surface area contributed by atoms with Crippen LogP contribution in [0, 0.1) is 5.82 Å². The molecule has 1 heterocycles. The summed E-state index contributed by atoms with van der Waals surface area (Å²) in [5.41, 5.74) is 3.76. The second-order valence-electron chi connectivity index (χ2n) is 6.66. The minimum Gasteiger partial charge on any atom is -0.356 e. The molecule has 0 bridgehead atoms. The minimum absolute atomic E-state index is 0.00138. The number of halogens is 1. The van der Waals surface area contributed by atoms with Crippen molar-refractivity contribution in [2.75, 3.05) is 19.6 Å². The fourth-order valence-corrected chi connectivity index (χ4v) is 3.28. The van der Waals surface area contributed by atoms with Gasteiger partial charge in [0.15, 0.2) is 0 Å². The van der Waals surface area contributed by atoms with Crippen molar-refractivity contribution in [1.29, 1.82) is 0 Å². The van der Waals surface area contributed by atoms with Crippen LogP contribution in [0.15, 0.2) is 48.5 Å². The van der Waals surface area contributed by atoms with Crippen molar-refractivity contribution < 1.29 is 9.18 Å². The van der Waals surface area contributed by atoms with Crippen LogP contribution in [-0.4, -0.2) is 30.4 Å². The zero-order chi connectivity index (χ0) is 17.5. The largest absolute Gasteiger partial charge is 0.356 e. The summed E-state index contributed by atoms with van der Waals surface area (Å²) in [5.74, 6) is -0.275. The first-order valence-electron chi connectivity index (χ1n) is 9.01. The number of hydrogen-bond donors (Lipinski definition) is 1. The summed E-state index contributed by atoms with van der Waals surface area (Å²) >= 11 is 0. The molecule has 0 radical (unpaired) electrons. The van der Waals surface area contributed by atoms with Crippen LogP contribution in [-0.2, 0) is 24.2 Å². The van der Waals surface area contributed by atoms with Gasteiger partial charge in [-0.15, -0.1) is 0 Å². The monoisotopic (exact) mass is 340 g/mol. The smallest absolute Gasteiger partial charge is 0.224 e. The fraction of sp³-hybridized carbons (Fsp3) is 0.381. The Bertz CT molecular complexity index is 699. The molecule has 1 amide bonds. The summed E-state index contributed by atoms with van der Waals surface area (Å²) in [6.45, 7) is 3.92. The van der Waals surface area contributed by atoms with E-state index in [0.717, 1.165) is 44.5 Å². The van der Waals surface area contributed by atoms with Gasteiger partial charge >= 0.3 is 0 Å². The molecule has 132 valence electrons. The quantitative estimate of drug-likeness (QED) is 0.784. The Morgan fingerprint density at radius 1 is 1.04 bits per heavy atom. The van der Waals surface area contributed by atoms with Gasteiger partial charge < -0.3 is 5.32 Å². The molecular formula is C21H25FN2O. The predicted molar refractivity (Wildman–Crippen MR) is 97.8 cm³/mol. The minimum atomic E-state index is -0.274. The molecule has 0 aliphatic carbocycles. The third kappa shape index (κ3) is 5.40. The molecule has 0 fully saturated rings. The molecule has 1 N–H and O–H groups in total. The number of nitrogens with one attached hydrogen (secondary N) is 1. The highest BCUT2D eigenvalue weighted by Gasteiger charge is 2.14. The van der Waals surface area contributed by atoms with Crippen LogP contribution >= 0.6 is 0 Å². The lowest BCUT2D eigenvalue weighted by molar-refractivity contribution is -0.120. The number of carbonyl (C=O) groups excluding carboxylic acids is 1. The topological polar surface area (TPSA) is 32.3 Å². The van der Waals surface area contributed by atoms with Crippen molar-refractivity contribution in [3.8, 4) is 0 Å². The lowest BCUT2D eigenvalue weighted by Gasteiger charge is -2.28. The van der Waals surface area contributed by atoms with Crippen molar-refractivity contribution in [3.05, 3.63) is 71.0 Å². The van der Waals surface area contributed by atoms with Gasteiger partial charge in [-0.2, -0.15) is 0 Å². The Morgan fingerprint density at radius 2 is 1.80 bits per heavy atom. The van der Waals surface area contributed by atoms with E-state index in [1.54, 1.807) is 12.1 Å². The number of carbonyl (C=O) groups is 1. The average Bonchev–Trinajstić information content (AvgIpc) is 2.63. The molecular weight excluding hydrogens is 315 g/mol. The Hall–Kier alpha value is -2.20. The molecule has 4 heteroatoms. The van der Waals surface area contributed by atoms with E-state index in [2.05, 4.69) is 34.5 Å². The van der Waals surface area contributed by atoms with Gasteiger partial charge in [0.25, 0.3) is 0 Å². The molecule has 2 aromatic rings. The second kappa shape index (κ2) is 8.77. The second-order valence-corrected chi connectivity index (χ2v) is 6.66. The lowest BCUT2D eigenvalue weighted by atomic mass is 10.00. The molecule has 1 aliphatic heterocycles. The van der Waals surface area contributed by atoms with Crippen molar-refractivity contribution in [1.82, 2.24) is 10.2 Å². The van der Waals surface area contributed by atoms with E-state index >= 15 is 0 Å². The van der Waals surface area contributed by atoms with E-state index in [-0.39, 0.29) is 11.7 Å². The number of unbranched alkanes of at least 4 members (excludes halogenated alkanes) is 1. The van der Waals surface area contributed by atoms with Crippen molar-refractivity contribution in [2.45, 2.75) is 32.2 Å². The third-order valence-electron chi connectivity index (χ3n) is 4.71. The van der Waals surface area contributed by atoms with Crippen LogP contribution in [0.1, 0.15) is 29.5 Å². The average molecular weight is 340 g/mol. The summed E-state index contributed by atoms with van der Waals surface area (Å²) in [6.07, 6.45) is 3.50. The summed E-state index contributed by atoms with van der Waals surface area (Å²) in [5, 5.41) is 2.95. The number of fused-ring (bicyclic) bond motifs is 1. The molecule has 1 aliphatic rings. The molecule has 0 saturated carbocycles. The van der Waals surface area contributed by atoms with Crippen molar-refractivity contribution in [2.24, 2.45) is 0 Å². The lowest BCUT2D eigenvalue weighted by Crippen LogP contribution is -2.32. The first kappa shape index (κ1) is 17.6. The third-order valence-corrected chi connectivity index (χ3v) is 4.71. The predicted octanol–water partition coefficient (Wildman–Crippen LogP) is 3.32. The highest BCUT2D eigenvalue weighted by molar-refractivity contribution is 5.78. The maximum atomic E-state index is 12.8. The Kier molecular flexibility index (Phi) is 6.18. The van der Waals surface area contributed by atoms with E-state index in [0.29, 0.717) is 13.0 Å². The molecule has 3 rings (SSSR count). The maximum absolute atomic E-state index is 12.8. The summed E-state index contributed by atoms with van der Waals surface area (Å²) in [6, 6.07) is 14.8. The van der Waals surface area contributed by atoms with Crippen LogP contribution in [0.2, 0.25) is 0 Å². The van der Waals surface area contributed by atoms with Crippen LogP contribution in [0.4, 0.5) is 4.39 Å². The highest BCUT2D eigenvalue weighted by atomic mass is 19.1. The first-order valence-corrected chi connectivity index (χ1v) is 9.01. The van der Waals surface area contributed by atoms with Gasteiger partial charge in [0.2, 0.25) is 5.91 Å². The molecule has 0 unspecified atom stereocenters. The van der Waals surface area contributed by atoms with Gasteiger partial charge in [0.1, 0.15) is 5.82 Å². The molecule has 0 spiro atoms. The summed E-state index contributed by atoms with van der Waals surface area (Å²) in [7, 11) is 0. The SMILES string of the molecule is O=C(Cc1ccc(F)cc1)NCCCCN1CCc2ccccc2C1. The van der Waals surface area contributed by atoms with Crippen LogP contribution in [0.25, 0.3) is 0 Å². The molecule has 25 heavy (non-hydrogen) atoms. The van der Waals surface area contributed by atoms with Crippen molar-refractivity contribution in [3.63, 3.8) is 0 Å². The standard InChI is InChI=1S/C21H25FN2O/c22-20-9-7-17(8-10-20)15-21(25)23-12-3-4-13-24-14-11-18-5-1-2-6-19(18)16-24/h1-2,5-10H,3-4,11-16H2,(H,23,25). The number of rotatable bonds is 7. The molecule has 0 saturated heterocycles. The van der Waals surface area contributed by atoms with Crippen molar-refractivity contribution >= 4 is 5.91 Å². The van der Waals surface area contributed by atoms with E-state index in [1.807, 2.05) is 0 Å². The number of amides is 1. The summed E-state index contributed by atoms with van der Waals surface area (Å²) < 4.78 is 12.8. The normalized spacial score (nSPS) is 14.1. The Morgan fingerprint density at radius 3 is 2.60 bits per heavy atom. The van der Waals surface area contributed by atoms with Gasteiger partial charge in [-0.3, -0.25) is 9.69 Å². The Balaban J connectivity index is 1.30. The molecule has 2 aromatic carbocycles. The zero-order valence-corrected chi connectivity index (χ0v) is 14.5. The number of benzene rings is 2. The van der Waals surface area contributed by atoms with Crippen LogP contribution < -0.4 is 5.32 Å². The van der Waals surface area contributed by atoms with E-state index in [4.69, 9.17) is 0 Å². The van der Waals surface area contributed by atoms with E-state index < -0.39 is 0 Å². The number of hydrogen-bond acceptors (Lipinski definition) is 2. The fourth-order valence-electron chi connectivity index (χ4n) is 3.28. The van der Waals surface area contributed by atoms with Gasteiger partial charge in [0.05, 0.1) is 6.42 Å². The highest BCUT2D eigenvalue weighted by Crippen LogP contribution is 2.18. The number of nitrogens with zero attached hydrogens (tertiary/aromatic N) is 1. The van der Waals surface area contributed by atoms with Gasteiger partial charge in [-0.05, 0) is 54.6 Å². The Labute approximate surface area is 148 Å². The van der Waals surface area contributed by atoms with Gasteiger partial charge in [0, 0.05) is 19.6 Å². The van der Waals surface area contributed by atoms with E-state index in [1.165, 1.54) is 23.3 Å². The van der Waals surface area contributed by atoms with Crippen LogP contribution in [0.5, 0.6) is 0 Å². The molecule has 3 nitrogen and oxygen atoms in total. The van der Waals surface area contributed by atoms with Crippen LogP contribution in [0.3, 0.4) is 0 Å². The van der Waals surface area contributed by atoms with E-state index in [9.17, 15) is 9.18 Å². The first-order chi connectivity index (χ1) is 12.2. The van der Waals surface area contributed by atoms with Gasteiger partial charge in [-0.1, -0.05) is 36.4 Å². The maximum Gasteiger partial charge on any atom is 0.224 e. The zero-order valence-electron chi connectivity index (χ0n) is 14.5. The molecule has 0 aromatic heterocycles.